The summed E-state index contributed by atoms with van der Waals surface area (Å²) >= 11 is 1.77. The molecule has 0 bridgehead atoms. The molecule has 0 saturated carbocycles. The van der Waals surface area contributed by atoms with Gasteiger partial charge in [-0.1, -0.05) is 30.4 Å². The van der Waals surface area contributed by atoms with Crippen LogP contribution in [0.25, 0.3) is 11.4 Å². The van der Waals surface area contributed by atoms with Gasteiger partial charge in [-0.15, -0.1) is 10.2 Å². The van der Waals surface area contributed by atoms with Crippen LogP contribution in [0.4, 0.5) is 14.5 Å². The van der Waals surface area contributed by atoms with Crippen LogP contribution in [-0.2, 0) is 11.3 Å². The lowest BCUT2D eigenvalue weighted by atomic mass is 10.2. The van der Waals surface area contributed by atoms with Crippen LogP contribution in [0.2, 0.25) is 0 Å². The first-order chi connectivity index (χ1) is 14.1. The number of anilines is 1. The zero-order chi connectivity index (χ0) is 20.6. The van der Waals surface area contributed by atoms with E-state index in [2.05, 4.69) is 27.4 Å². The van der Waals surface area contributed by atoms with Gasteiger partial charge in [-0.05, 0) is 42.8 Å². The molecule has 10 heteroatoms. The van der Waals surface area contributed by atoms with E-state index in [0.29, 0.717) is 27.5 Å². The summed E-state index contributed by atoms with van der Waals surface area (Å²) < 4.78 is 26.7. The molecule has 0 aliphatic heterocycles. The molecule has 6 nitrogen and oxygen atoms in total. The molecule has 2 aromatic heterocycles. The average molecular weight is 436 g/mol. The summed E-state index contributed by atoms with van der Waals surface area (Å²) in [7, 11) is 0. The molecule has 0 spiro atoms. The maximum Gasteiger partial charge on any atom is 0.288 e. The Morgan fingerprint density at radius 3 is 2.52 bits per heavy atom. The van der Waals surface area contributed by atoms with Crippen LogP contribution >= 0.6 is 23.5 Å². The van der Waals surface area contributed by atoms with Crippen LogP contribution in [0.5, 0.6) is 0 Å². The van der Waals surface area contributed by atoms with Crippen molar-refractivity contribution in [2.45, 2.75) is 35.7 Å². The predicted octanol–water partition coefficient (Wildman–Crippen LogP) is 4.80. The van der Waals surface area contributed by atoms with Gasteiger partial charge in [-0.25, -0.2) is 0 Å². The Bertz CT molecular complexity index is 936. The number of amides is 1. The molecule has 0 unspecified atom stereocenters. The molecular formula is C19H19F2N5OS2. The number of carbonyl (C=O) groups excluding carboxylic acids is 1. The Hall–Kier alpha value is -2.46. The van der Waals surface area contributed by atoms with Crippen molar-refractivity contribution in [1.82, 2.24) is 19.7 Å². The van der Waals surface area contributed by atoms with Crippen molar-refractivity contribution in [2.24, 2.45) is 0 Å². The Labute approximate surface area is 175 Å². The van der Waals surface area contributed by atoms with Crippen LogP contribution in [-0.4, -0.2) is 37.2 Å². The van der Waals surface area contributed by atoms with E-state index in [1.165, 1.54) is 11.8 Å². The summed E-state index contributed by atoms with van der Waals surface area (Å²) in [6.45, 7) is 2.80. The molecule has 1 N–H and O–H groups in total. The molecule has 0 aliphatic carbocycles. The van der Waals surface area contributed by atoms with Crippen molar-refractivity contribution in [1.29, 1.82) is 0 Å². The quantitative estimate of drug-likeness (QED) is 0.487. The summed E-state index contributed by atoms with van der Waals surface area (Å²) in [5, 5.41) is 11.9. The molecule has 29 heavy (non-hydrogen) atoms. The van der Waals surface area contributed by atoms with Gasteiger partial charge in [0.2, 0.25) is 5.91 Å². The van der Waals surface area contributed by atoms with E-state index in [4.69, 9.17) is 0 Å². The maximum absolute atomic E-state index is 12.4. The topological polar surface area (TPSA) is 72.7 Å². The van der Waals surface area contributed by atoms with Crippen LogP contribution in [0.15, 0.2) is 58.8 Å². The van der Waals surface area contributed by atoms with Crippen molar-refractivity contribution in [3.05, 3.63) is 48.8 Å². The van der Waals surface area contributed by atoms with E-state index in [1.54, 1.807) is 36.7 Å². The molecule has 1 aromatic carbocycles. The highest BCUT2D eigenvalue weighted by Gasteiger charge is 2.15. The molecular weight excluding hydrogens is 416 g/mol. The highest BCUT2D eigenvalue weighted by molar-refractivity contribution is 8.00. The molecule has 0 fully saturated rings. The number of hydrogen-bond acceptors (Lipinski definition) is 6. The van der Waals surface area contributed by atoms with Gasteiger partial charge in [-0.3, -0.25) is 9.78 Å². The molecule has 0 aliphatic rings. The second kappa shape index (κ2) is 10.4. The predicted molar refractivity (Wildman–Crippen MR) is 111 cm³/mol. The number of aromatic nitrogens is 4. The first kappa shape index (κ1) is 21.3. The number of thioether (sulfide) groups is 2. The van der Waals surface area contributed by atoms with E-state index in [-0.39, 0.29) is 11.7 Å². The third kappa shape index (κ3) is 6.01. The van der Waals surface area contributed by atoms with Gasteiger partial charge < -0.3 is 9.88 Å². The normalized spacial score (nSPS) is 11.0. The second-order valence-electron chi connectivity index (χ2n) is 5.93. The number of halogens is 2. The lowest BCUT2D eigenvalue weighted by Crippen LogP contribution is -2.14. The van der Waals surface area contributed by atoms with Crippen LogP contribution in [0, 0.1) is 0 Å². The first-order valence-electron chi connectivity index (χ1n) is 8.88. The van der Waals surface area contributed by atoms with E-state index in [0.717, 1.165) is 24.4 Å². The molecule has 0 saturated heterocycles. The summed E-state index contributed by atoms with van der Waals surface area (Å²) in [5.41, 5.74) is 1.47. The highest BCUT2D eigenvalue weighted by Crippen LogP contribution is 2.27. The van der Waals surface area contributed by atoms with Crippen molar-refractivity contribution in [2.75, 3.05) is 11.1 Å². The number of carbonyl (C=O) groups is 1. The fourth-order valence-electron chi connectivity index (χ4n) is 2.58. The van der Waals surface area contributed by atoms with Crippen molar-refractivity contribution in [3.63, 3.8) is 0 Å². The summed E-state index contributed by atoms with van der Waals surface area (Å²) in [6, 6.07) is 10.1. The molecule has 2 heterocycles. The second-order valence-corrected chi connectivity index (χ2v) is 7.94. The van der Waals surface area contributed by atoms with E-state index in [9.17, 15) is 13.6 Å². The number of hydrogen-bond donors (Lipinski definition) is 1. The number of alkyl halides is 2. The zero-order valence-corrected chi connectivity index (χ0v) is 17.2. The smallest absolute Gasteiger partial charge is 0.288 e. The molecule has 0 atom stereocenters. The molecule has 3 rings (SSSR count). The summed E-state index contributed by atoms with van der Waals surface area (Å²) in [4.78, 5) is 16.7. The van der Waals surface area contributed by atoms with E-state index in [1.807, 2.05) is 16.7 Å². The summed E-state index contributed by atoms with van der Waals surface area (Å²) in [5.74, 6) is -1.78. The molecule has 1 amide bonds. The van der Waals surface area contributed by atoms with E-state index < -0.39 is 5.76 Å². The highest BCUT2D eigenvalue weighted by atomic mass is 32.2. The van der Waals surface area contributed by atoms with Crippen molar-refractivity contribution in [3.8, 4) is 11.4 Å². The Balaban J connectivity index is 1.62. The Morgan fingerprint density at radius 1 is 1.14 bits per heavy atom. The zero-order valence-electron chi connectivity index (χ0n) is 15.6. The fourth-order valence-corrected chi connectivity index (χ4v) is 3.85. The molecule has 152 valence electrons. The van der Waals surface area contributed by atoms with Gasteiger partial charge in [0, 0.05) is 35.1 Å². The SMILES string of the molecule is CCCn1c(SCC(=O)Nc2ccc(SC(F)F)cc2)nnc1-c1ccncc1. The van der Waals surface area contributed by atoms with Crippen molar-refractivity contribution >= 4 is 35.1 Å². The average Bonchev–Trinajstić information content (AvgIpc) is 3.11. The van der Waals surface area contributed by atoms with Crippen LogP contribution in [0.1, 0.15) is 13.3 Å². The minimum Gasteiger partial charge on any atom is -0.325 e. The lowest BCUT2D eigenvalue weighted by molar-refractivity contribution is -0.113. The molecule has 0 radical (unpaired) electrons. The van der Waals surface area contributed by atoms with Gasteiger partial charge in [0.25, 0.3) is 5.76 Å². The van der Waals surface area contributed by atoms with Gasteiger partial charge in [-0.2, -0.15) is 8.78 Å². The largest absolute Gasteiger partial charge is 0.325 e. The maximum atomic E-state index is 12.4. The van der Waals surface area contributed by atoms with Crippen LogP contribution in [0.3, 0.4) is 0 Å². The standard InChI is InChI=1S/C19H19F2N5OS2/c1-2-11-26-17(13-7-9-22-10-8-13)24-25-19(26)28-12-16(27)23-14-3-5-15(6-4-14)29-18(20)21/h3-10,18H,2,11-12H2,1H3,(H,23,27). The number of nitrogens with zero attached hydrogens (tertiary/aromatic N) is 4. The minimum atomic E-state index is -2.47. The van der Waals surface area contributed by atoms with Gasteiger partial charge >= 0.3 is 0 Å². The first-order valence-corrected chi connectivity index (χ1v) is 10.7. The van der Waals surface area contributed by atoms with E-state index >= 15 is 0 Å². The molecule has 3 aromatic rings. The van der Waals surface area contributed by atoms with Crippen LogP contribution < -0.4 is 5.32 Å². The minimum absolute atomic E-state index is 0.158. The Morgan fingerprint density at radius 2 is 1.86 bits per heavy atom. The third-order valence-electron chi connectivity index (χ3n) is 3.80. The van der Waals surface area contributed by atoms with Gasteiger partial charge in [0.1, 0.15) is 0 Å². The third-order valence-corrected chi connectivity index (χ3v) is 5.49. The summed E-state index contributed by atoms with van der Waals surface area (Å²) in [6.07, 6.45) is 4.30. The number of rotatable bonds is 9. The fraction of sp³-hybridized carbons (Fsp3) is 0.263. The van der Waals surface area contributed by atoms with Crippen molar-refractivity contribution < 1.29 is 13.6 Å². The van der Waals surface area contributed by atoms with Gasteiger partial charge in [0.05, 0.1) is 5.75 Å². The monoisotopic (exact) mass is 435 g/mol. The number of nitrogens with one attached hydrogen (secondary N) is 1. The lowest BCUT2D eigenvalue weighted by Gasteiger charge is -2.09. The number of benzene rings is 1. The van der Waals surface area contributed by atoms with Gasteiger partial charge in [0.15, 0.2) is 11.0 Å². The Kier molecular flexibility index (Phi) is 7.59. The number of pyridine rings is 1.